The van der Waals surface area contributed by atoms with E-state index in [2.05, 4.69) is 13.2 Å². The van der Waals surface area contributed by atoms with Gasteiger partial charge in [0.15, 0.2) is 0 Å². The monoisotopic (exact) mass is 172 g/mol. The minimum atomic E-state index is 0.387. The summed E-state index contributed by atoms with van der Waals surface area (Å²) in [5.74, 6) is 0.886. The highest BCUT2D eigenvalue weighted by molar-refractivity contribution is 7.99. The molecule has 0 N–H and O–H groups in total. The number of thioether (sulfide) groups is 1. The second-order valence-electron chi connectivity index (χ2n) is 3.21. The first-order chi connectivity index (χ1) is 5.27. The Kier molecular flexibility index (Phi) is 3.44. The molecule has 0 bridgehead atoms. The summed E-state index contributed by atoms with van der Waals surface area (Å²) in [6, 6.07) is 0. The van der Waals surface area contributed by atoms with Gasteiger partial charge in [0.2, 0.25) is 0 Å². The summed E-state index contributed by atoms with van der Waals surface area (Å²) in [5, 5.41) is 0.616. The summed E-state index contributed by atoms with van der Waals surface area (Å²) in [6.07, 6.45) is 6.33. The first-order valence-electron chi connectivity index (χ1n) is 4.33. The van der Waals surface area contributed by atoms with Gasteiger partial charge in [0.1, 0.15) is 5.78 Å². The van der Waals surface area contributed by atoms with Crippen LogP contribution in [0.1, 0.15) is 32.6 Å². The van der Waals surface area contributed by atoms with Crippen molar-refractivity contribution in [1.82, 2.24) is 0 Å². The number of rotatable bonds is 2. The molecule has 0 amide bonds. The molecule has 0 heterocycles. The number of hydrogen-bond donors (Lipinski definition) is 0. The Hall–Kier alpha value is 0.0200. The molecule has 0 radical (unpaired) electrons. The van der Waals surface area contributed by atoms with Crippen LogP contribution < -0.4 is 0 Å². The van der Waals surface area contributed by atoms with Crippen molar-refractivity contribution in [3.63, 3.8) is 0 Å². The van der Waals surface area contributed by atoms with Crippen LogP contribution in [0.4, 0.5) is 0 Å². The summed E-state index contributed by atoms with van der Waals surface area (Å²) >= 11 is 1.84. The quantitative estimate of drug-likeness (QED) is 0.636. The van der Waals surface area contributed by atoms with Crippen LogP contribution >= 0.6 is 11.8 Å². The highest BCUT2D eigenvalue weighted by Crippen LogP contribution is 2.29. The number of ketones is 1. The molecule has 2 unspecified atom stereocenters. The topological polar surface area (TPSA) is 17.1 Å². The molecule has 0 aromatic heterocycles. The summed E-state index contributed by atoms with van der Waals surface area (Å²) in [7, 11) is 0. The van der Waals surface area contributed by atoms with Crippen LogP contribution in [0.2, 0.25) is 0 Å². The van der Waals surface area contributed by atoms with Crippen molar-refractivity contribution < 1.29 is 4.79 Å². The third-order valence-corrected chi connectivity index (χ3v) is 3.62. The van der Waals surface area contributed by atoms with Gasteiger partial charge in [-0.2, -0.15) is 11.8 Å². The molecule has 2 atom stereocenters. The lowest BCUT2D eigenvalue weighted by molar-refractivity contribution is -0.124. The van der Waals surface area contributed by atoms with E-state index in [9.17, 15) is 4.79 Å². The molecule has 11 heavy (non-hydrogen) atoms. The fraction of sp³-hybridized carbons (Fsp3) is 0.889. The molecule has 2 heteroatoms. The van der Waals surface area contributed by atoms with E-state index in [1.165, 1.54) is 6.42 Å². The van der Waals surface area contributed by atoms with E-state index in [1.54, 1.807) is 0 Å². The molecular formula is C9H16OS. The second kappa shape index (κ2) is 4.15. The average molecular weight is 172 g/mol. The van der Waals surface area contributed by atoms with E-state index in [1.807, 2.05) is 11.8 Å². The van der Waals surface area contributed by atoms with Gasteiger partial charge < -0.3 is 0 Å². The maximum atomic E-state index is 11.4. The van der Waals surface area contributed by atoms with Crippen LogP contribution in [0.15, 0.2) is 0 Å². The smallest absolute Gasteiger partial charge is 0.137 e. The average Bonchev–Trinajstić information content (AvgIpc) is 2.04. The van der Waals surface area contributed by atoms with Crippen molar-refractivity contribution in [2.45, 2.75) is 37.9 Å². The number of carbonyl (C=O) groups is 1. The largest absolute Gasteiger partial charge is 0.299 e. The zero-order valence-electron chi connectivity index (χ0n) is 7.30. The number of hydrogen-bond acceptors (Lipinski definition) is 2. The zero-order valence-corrected chi connectivity index (χ0v) is 8.12. The molecule has 0 aliphatic heterocycles. The first-order valence-corrected chi connectivity index (χ1v) is 5.62. The Morgan fingerprint density at radius 2 is 2.27 bits per heavy atom. The fourth-order valence-corrected chi connectivity index (χ4v) is 2.38. The maximum absolute atomic E-state index is 11.4. The van der Waals surface area contributed by atoms with Crippen LogP contribution in [-0.2, 0) is 4.79 Å². The van der Waals surface area contributed by atoms with Crippen molar-refractivity contribution in [2.24, 2.45) is 5.92 Å². The molecule has 0 saturated heterocycles. The SMILES string of the molecule is CCC1CCC(SC)CC1=O. The third-order valence-electron chi connectivity index (χ3n) is 2.55. The van der Waals surface area contributed by atoms with E-state index >= 15 is 0 Å². The highest BCUT2D eigenvalue weighted by atomic mass is 32.2. The highest BCUT2D eigenvalue weighted by Gasteiger charge is 2.26. The fourth-order valence-electron chi connectivity index (χ4n) is 1.67. The van der Waals surface area contributed by atoms with Gasteiger partial charge >= 0.3 is 0 Å². The number of Topliss-reactive ketones (excluding diaryl/α,β-unsaturated/α-hetero) is 1. The predicted octanol–water partition coefficient (Wildman–Crippen LogP) is 2.50. The number of carbonyl (C=O) groups excluding carboxylic acids is 1. The standard InChI is InChI=1S/C9H16OS/c1-3-7-4-5-8(11-2)6-9(7)10/h7-8H,3-6H2,1-2H3. The van der Waals surface area contributed by atoms with Gasteiger partial charge in [-0.25, -0.2) is 0 Å². The predicted molar refractivity (Wildman–Crippen MR) is 49.9 cm³/mol. The van der Waals surface area contributed by atoms with Crippen LogP contribution in [0.25, 0.3) is 0 Å². The minimum absolute atomic E-state index is 0.387. The molecule has 64 valence electrons. The Morgan fingerprint density at radius 1 is 1.55 bits per heavy atom. The van der Waals surface area contributed by atoms with Crippen LogP contribution in [0.3, 0.4) is 0 Å². The van der Waals surface area contributed by atoms with Gasteiger partial charge in [0.05, 0.1) is 0 Å². The van der Waals surface area contributed by atoms with Gasteiger partial charge in [-0.3, -0.25) is 4.79 Å². The van der Waals surface area contributed by atoms with Crippen molar-refractivity contribution in [1.29, 1.82) is 0 Å². The summed E-state index contributed by atoms with van der Waals surface area (Å²) in [6.45, 7) is 2.11. The Labute approximate surface area is 72.9 Å². The van der Waals surface area contributed by atoms with Crippen molar-refractivity contribution in [3.8, 4) is 0 Å². The molecule has 0 aromatic rings. The Balaban J connectivity index is 2.41. The molecule has 0 spiro atoms. The van der Waals surface area contributed by atoms with E-state index in [0.29, 0.717) is 17.0 Å². The Bertz CT molecular complexity index is 144. The van der Waals surface area contributed by atoms with Gasteiger partial charge in [0.25, 0.3) is 0 Å². The molecule has 1 saturated carbocycles. The van der Waals surface area contributed by atoms with E-state index in [-0.39, 0.29) is 0 Å². The van der Waals surface area contributed by atoms with Crippen molar-refractivity contribution in [3.05, 3.63) is 0 Å². The lowest BCUT2D eigenvalue weighted by Gasteiger charge is -2.24. The lowest BCUT2D eigenvalue weighted by Crippen LogP contribution is -2.25. The Morgan fingerprint density at radius 3 is 2.73 bits per heavy atom. The van der Waals surface area contributed by atoms with Gasteiger partial charge in [-0.1, -0.05) is 6.92 Å². The normalized spacial score (nSPS) is 32.4. The molecule has 1 fully saturated rings. The second-order valence-corrected chi connectivity index (χ2v) is 4.35. The van der Waals surface area contributed by atoms with Crippen LogP contribution in [0, 0.1) is 5.92 Å². The van der Waals surface area contributed by atoms with Crippen molar-refractivity contribution >= 4 is 17.5 Å². The molecule has 0 aromatic carbocycles. The zero-order chi connectivity index (χ0) is 8.27. The molecular weight excluding hydrogens is 156 g/mol. The van der Waals surface area contributed by atoms with Gasteiger partial charge in [0, 0.05) is 17.6 Å². The van der Waals surface area contributed by atoms with Crippen molar-refractivity contribution in [2.75, 3.05) is 6.26 Å². The summed E-state index contributed by atoms with van der Waals surface area (Å²) in [5.41, 5.74) is 0. The molecule has 1 nitrogen and oxygen atoms in total. The molecule has 1 aliphatic rings. The third kappa shape index (κ3) is 2.22. The van der Waals surface area contributed by atoms with Gasteiger partial charge in [-0.15, -0.1) is 0 Å². The van der Waals surface area contributed by atoms with E-state index < -0.39 is 0 Å². The first kappa shape index (κ1) is 9.11. The van der Waals surface area contributed by atoms with Crippen LogP contribution in [-0.4, -0.2) is 17.3 Å². The maximum Gasteiger partial charge on any atom is 0.137 e. The lowest BCUT2D eigenvalue weighted by atomic mass is 9.86. The van der Waals surface area contributed by atoms with Gasteiger partial charge in [-0.05, 0) is 25.5 Å². The minimum Gasteiger partial charge on any atom is -0.299 e. The molecule has 1 aliphatic carbocycles. The molecule has 1 rings (SSSR count). The van der Waals surface area contributed by atoms with E-state index in [4.69, 9.17) is 0 Å². The summed E-state index contributed by atoms with van der Waals surface area (Å²) < 4.78 is 0. The van der Waals surface area contributed by atoms with E-state index in [0.717, 1.165) is 19.3 Å². The summed E-state index contributed by atoms with van der Waals surface area (Å²) in [4.78, 5) is 11.4. The van der Waals surface area contributed by atoms with Crippen LogP contribution in [0.5, 0.6) is 0 Å².